The van der Waals surface area contributed by atoms with Crippen molar-refractivity contribution < 1.29 is 9.59 Å². The molecule has 1 atom stereocenters. The van der Waals surface area contributed by atoms with Crippen LogP contribution in [-0.4, -0.2) is 42.4 Å². The summed E-state index contributed by atoms with van der Waals surface area (Å²) in [6.07, 6.45) is 3.28. The van der Waals surface area contributed by atoms with Gasteiger partial charge in [-0.25, -0.2) is 0 Å². The van der Waals surface area contributed by atoms with Gasteiger partial charge in [0.15, 0.2) is 0 Å². The highest BCUT2D eigenvalue weighted by atomic mass is 16.2. The van der Waals surface area contributed by atoms with Crippen LogP contribution < -0.4 is 11.1 Å². The molecule has 5 nitrogen and oxygen atoms in total. The van der Waals surface area contributed by atoms with Gasteiger partial charge < -0.3 is 16.0 Å². The predicted octanol–water partition coefficient (Wildman–Crippen LogP) is -0.148. The molecule has 3 N–H and O–H groups in total. The van der Waals surface area contributed by atoms with E-state index in [2.05, 4.69) is 5.32 Å². The SMILES string of the molecule is CCCC(=O)N(CC(N)=O)C1CCCNC1. The first-order chi connectivity index (χ1) is 7.65. The Hall–Kier alpha value is -1.10. The van der Waals surface area contributed by atoms with Gasteiger partial charge in [0.05, 0.1) is 6.54 Å². The van der Waals surface area contributed by atoms with E-state index in [1.54, 1.807) is 4.90 Å². The van der Waals surface area contributed by atoms with Gasteiger partial charge in [-0.1, -0.05) is 6.92 Å². The van der Waals surface area contributed by atoms with Crippen LogP contribution in [0.2, 0.25) is 0 Å². The first-order valence-corrected chi connectivity index (χ1v) is 5.93. The zero-order valence-corrected chi connectivity index (χ0v) is 9.87. The molecule has 2 amide bonds. The van der Waals surface area contributed by atoms with E-state index in [0.717, 1.165) is 32.4 Å². The number of nitrogens with two attached hydrogens (primary N) is 1. The van der Waals surface area contributed by atoms with Crippen LogP contribution in [0.5, 0.6) is 0 Å². The molecule has 5 heteroatoms. The van der Waals surface area contributed by atoms with Gasteiger partial charge >= 0.3 is 0 Å². The van der Waals surface area contributed by atoms with E-state index in [0.29, 0.717) is 6.42 Å². The molecule has 1 saturated heterocycles. The molecule has 1 rings (SSSR count). The minimum Gasteiger partial charge on any atom is -0.368 e. The lowest BCUT2D eigenvalue weighted by atomic mass is 10.1. The number of carbonyl (C=O) groups is 2. The minimum absolute atomic E-state index is 0.0370. The molecule has 0 spiro atoms. The van der Waals surface area contributed by atoms with Crippen molar-refractivity contribution in [2.75, 3.05) is 19.6 Å². The van der Waals surface area contributed by atoms with Crippen molar-refractivity contribution in [1.82, 2.24) is 10.2 Å². The first kappa shape index (κ1) is 13.0. The van der Waals surface area contributed by atoms with E-state index in [1.807, 2.05) is 6.92 Å². The second-order valence-electron chi connectivity index (χ2n) is 4.24. The van der Waals surface area contributed by atoms with Gasteiger partial charge in [-0.2, -0.15) is 0 Å². The summed E-state index contributed by atoms with van der Waals surface area (Å²) in [5.41, 5.74) is 5.18. The van der Waals surface area contributed by atoms with Crippen LogP contribution in [0, 0.1) is 0 Å². The van der Waals surface area contributed by atoms with Crippen molar-refractivity contribution in [1.29, 1.82) is 0 Å². The maximum atomic E-state index is 11.9. The predicted molar refractivity (Wildman–Crippen MR) is 61.7 cm³/mol. The van der Waals surface area contributed by atoms with Gasteiger partial charge in [0.25, 0.3) is 0 Å². The van der Waals surface area contributed by atoms with Gasteiger partial charge in [-0.3, -0.25) is 9.59 Å². The fourth-order valence-electron chi connectivity index (χ4n) is 2.05. The number of nitrogens with zero attached hydrogens (tertiary/aromatic N) is 1. The molecule has 1 aliphatic heterocycles. The number of primary amides is 1. The number of rotatable bonds is 5. The molecule has 0 aliphatic carbocycles. The topological polar surface area (TPSA) is 75.4 Å². The fourth-order valence-corrected chi connectivity index (χ4v) is 2.05. The third-order valence-electron chi connectivity index (χ3n) is 2.82. The number of hydrogen-bond donors (Lipinski definition) is 2. The summed E-state index contributed by atoms with van der Waals surface area (Å²) in [7, 11) is 0. The summed E-state index contributed by atoms with van der Waals surface area (Å²) < 4.78 is 0. The van der Waals surface area contributed by atoms with E-state index in [-0.39, 0.29) is 18.5 Å². The molecule has 92 valence electrons. The third-order valence-corrected chi connectivity index (χ3v) is 2.82. The van der Waals surface area contributed by atoms with E-state index in [9.17, 15) is 9.59 Å². The zero-order valence-electron chi connectivity index (χ0n) is 9.87. The molecule has 1 aliphatic rings. The Morgan fingerprint density at radius 2 is 2.25 bits per heavy atom. The highest BCUT2D eigenvalue weighted by Gasteiger charge is 2.25. The monoisotopic (exact) mass is 227 g/mol. The van der Waals surface area contributed by atoms with E-state index in [1.165, 1.54) is 0 Å². The molecule has 0 aromatic heterocycles. The average Bonchev–Trinajstić information content (AvgIpc) is 2.27. The highest BCUT2D eigenvalue weighted by Crippen LogP contribution is 2.12. The Labute approximate surface area is 96.4 Å². The molecule has 0 aromatic rings. The zero-order chi connectivity index (χ0) is 12.0. The molecule has 0 bridgehead atoms. The van der Waals surface area contributed by atoms with E-state index >= 15 is 0 Å². The largest absolute Gasteiger partial charge is 0.368 e. The molecule has 1 unspecified atom stereocenters. The first-order valence-electron chi connectivity index (χ1n) is 5.93. The van der Waals surface area contributed by atoms with Crippen molar-refractivity contribution in [3.05, 3.63) is 0 Å². The van der Waals surface area contributed by atoms with Crippen LogP contribution in [0.3, 0.4) is 0 Å². The van der Waals surface area contributed by atoms with Crippen LogP contribution in [0.25, 0.3) is 0 Å². The van der Waals surface area contributed by atoms with Crippen molar-refractivity contribution >= 4 is 11.8 Å². The van der Waals surface area contributed by atoms with Crippen LogP contribution in [0.1, 0.15) is 32.6 Å². The van der Waals surface area contributed by atoms with Gasteiger partial charge in [0, 0.05) is 19.0 Å². The molecule has 1 fully saturated rings. The summed E-state index contributed by atoms with van der Waals surface area (Å²) in [5.74, 6) is -0.398. The second kappa shape index (κ2) is 6.48. The number of hydrogen-bond acceptors (Lipinski definition) is 3. The van der Waals surface area contributed by atoms with E-state index < -0.39 is 5.91 Å². The Morgan fingerprint density at radius 1 is 1.50 bits per heavy atom. The summed E-state index contributed by atoms with van der Waals surface area (Å²) in [6.45, 7) is 3.76. The minimum atomic E-state index is -0.435. The number of carbonyl (C=O) groups excluding carboxylic acids is 2. The average molecular weight is 227 g/mol. The van der Waals surface area contributed by atoms with Gasteiger partial charge in [0.1, 0.15) is 0 Å². The Bertz CT molecular complexity index is 250. The lowest BCUT2D eigenvalue weighted by Crippen LogP contribution is -2.51. The molecule has 0 radical (unpaired) electrons. The van der Waals surface area contributed by atoms with Crippen LogP contribution in [-0.2, 0) is 9.59 Å². The molecular formula is C11H21N3O2. The Balaban J connectivity index is 2.60. The third kappa shape index (κ3) is 3.81. The number of piperidine rings is 1. The fraction of sp³-hybridized carbons (Fsp3) is 0.818. The summed E-state index contributed by atoms with van der Waals surface area (Å²) >= 11 is 0. The highest BCUT2D eigenvalue weighted by molar-refractivity contribution is 5.84. The van der Waals surface area contributed by atoms with Crippen LogP contribution in [0.15, 0.2) is 0 Å². The van der Waals surface area contributed by atoms with Crippen molar-refractivity contribution in [3.8, 4) is 0 Å². The maximum absolute atomic E-state index is 11.9. The lowest BCUT2D eigenvalue weighted by molar-refractivity contribution is -0.137. The Morgan fingerprint density at radius 3 is 2.75 bits per heavy atom. The number of amides is 2. The molecule has 16 heavy (non-hydrogen) atoms. The quantitative estimate of drug-likeness (QED) is 0.686. The molecule has 1 heterocycles. The maximum Gasteiger partial charge on any atom is 0.237 e. The number of nitrogens with one attached hydrogen (secondary N) is 1. The summed E-state index contributed by atoms with van der Waals surface area (Å²) in [5, 5.41) is 3.24. The van der Waals surface area contributed by atoms with E-state index in [4.69, 9.17) is 5.73 Å². The van der Waals surface area contributed by atoms with Gasteiger partial charge in [-0.15, -0.1) is 0 Å². The van der Waals surface area contributed by atoms with Crippen LogP contribution in [0.4, 0.5) is 0 Å². The van der Waals surface area contributed by atoms with Crippen molar-refractivity contribution in [2.45, 2.75) is 38.6 Å². The summed E-state index contributed by atoms with van der Waals surface area (Å²) in [6, 6.07) is 0.125. The lowest BCUT2D eigenvalue weighted by Gasteiger charge is -2.34. The normalized spacial score (nSPS) is 20.4. The van der Waals surface area contributed by atoms with Crippen LogP contribution >= 0.6 is 0 Å². The second-order valence-corrected chi connectivity index (χ2v) is 4.24. The Kier molecular flexibility index (Phi) is 5.25. The smallest absolute Gasteiger partial charge is 0.237 e. The van der Waals surface area contributed by atoms with Crippen molar-refractivity contribution in [3.63, 3.8) is 0 Å². The van der Waals surface area contributed by atoms with Gasteiger partial charge in [-0.05, 0) is 25.8 Å². The molecule has 0 aromatic carbocycles. The molecule has 0 saturated carbocycles. The summed E-state index contributed by atoms with van der Waals surface area (Å²) in [4.78, 5) is 24.5. The standard InChI is InChI=1S/C11H21N3O2/c1-2-4-11(16)14(8-10(12)15)9-5-3-6-13-7-9/h9,13H,2-8H2,1H3,(H2,12,15). The van der Waals surface area contributed by atoms with Gasteiger partial charge in [0.2, 0.25) is 11.8 Å². The van der Waals surface area contributed by atoms with Crippen molar-refractivity contribution in [2.24, 2.45) is 5.73 Å². The molecular weight excluding hydrogens is 206 g/mol.